The van der Waals surface area contributed by atoms with Crippen LogP contribution in [0.2, 0.25) is 0 Å². The van der Waals surface area contributed by atoms with Gasteiger partial charge >= 0.3 is 12.2 Å². The Morgan fingerprint density at radius 1 is 1.21 bits per heavy atom. The number of pyridine rings is 1. The minimum atomic E-state index is -4.49. The summed E-state index contributed by atoms with van der Waals surface area (Å²) < 4.78 is 39.7. The number of aryl methyl sites for hydroxylation is 2. The van der Waals surface area contributed by atoms with E-state index >= 15 is 0 Å². The number of rotatable bonds is 1. The van der Waals surface area contributed by atoms with Crippen molar-refractivity contribution in [1.82, 2.24) is 19.4 Å². The number of carbonyl (C=O) groups excluding carboxylic acids is 1. The Hall–Kier alpha value is -2.58. The normalized spacial score (nSPS) is 14.5. The largest absolute Gasteiger partial charge is 0.449 e. The van der Waals surface area contributed by atoms with E-state index in [1.165, 1.54) is 11.1 Å². The fourth-order valence-electron chi connectivity index (χ4n) is 2.79. The van der Waals surface area contributed by atoms with Crippen molar-refractivity contribution in [3.8, 4) is 0 Å². The summed E-state index contributed by atoms with van der Waals surface area (Å²) in [7, 11) is 0. The van der Waals surface area contributed by atoms with Gasteiger partial charge in [-0.1, -0.05) is 0 Å². The van der Waals surface area contributed by atoms with E-state index in [0.717, 1.165) is 16.0 Å². The van der Waals surface area contributed by atoms with Crippen LogP contribution in [0.1, 0.15) is 22.9 Å². The highest BCUT2D eigenvalue weighted by Crippen LogP contribution is 2.30. The third kappa shape index (κ3) is 3.19. The van der Waals surface area contributed by atoms with Crippen molar-refractivity contribution in [3.63, 3.8) is 0 Å². The quantitative estimate of drug-likeness (QED) is 0.869. The van der Waals surface area contributed by atoms with E-state index in [-0.39, 0.29) is 25.7 Å². The molecule has 0 aliphatic carbocycles. The van der Waals surface area contributed by atoms with E-state index in [1.54, 1.807) is 12.1 Å². The number of hydrogen-bond acceptors (Lipinski definition) is 3. The number of urea groups is 1. The first kappa shape index (κ1) is 16.3. The van der Waals surface area contributed by atoms with Crippen LogP contribution in [0.4, 0.5) is 23.7 Å². The number of anilines is 1. The lowest BCUT2D eigenvalue weighted by atomic mass is 10.2. The number of nitrogens with one attached hydrogen (secondary N) is 1. The Morgan fingerprint density at radius 2 is 1.88 bits per heavy atom. The lowest BCUT2D eigenvalue weighted by Crippen LogP contribution is -2.41. The second-order valence-electron chi connectivity index (χ2n) is 5.71. The molecular formula is C15H16F3N5O. The van der Waals surface area contributed by atoms with Gasteiger partial charge in [-0.05, 0) is 26.0 Å². The topological polar surface area (TPSA) is 63.1 Å². The Morgan fingerprint density at radius 3 is 2.50 bits per heavy atom. The molecule has 0 unspecified atom stereocenters. The van der Waals surface area contributed by atoms with Crippen LogP contribution in [0, 0.1) is 13.8 Å². The Kier molecular flexibility index (Phi) is 3.94. The maximum atomic E-state index is 12.8. The highest BCUT2D eigenvalue weighted by Gasteiger charge is 2.38. The number of alkyl halides is 3. The number of nitrogens with zero attached hydrogens (tertiary/aromatic N) is 4. The van der Waals surface area contributed by atoms with Gasteiger partial charge in [-0.25, -0.2) is 9.78 Å². The molecule has 128 valence electrons. The minimum Gasteiger partial charge on any atom is -0.321 e. The zero-order valence-corrected chi connectivity index (χ0v) is 13.2. The summed E-state index contributed by atoms with van der Waals surface area (Å²) >= 11 is 0. The zero-order chi connectivity index (χ0) is 17.5. The summed E-state index contributed by atoms with van der Waals surface area (Å²) in [6, 6.07) is 3.11. The standard InChI is InChI=1S/C15H16F3N5O/c1-9-5-11(6-10(2)20-9)21-14(24)22-3-4-23-12(8-22)7-19-13(23)15(16,17)18/h5-7H,3-4,8H2,1-2H3,(H,20,21,24). The SMILES string of the molecule is Cc1cc(NC(=O)N2CCn3c(cnc3C(F)(F)F)C2)cc(C)n1. The lowest BCUT2D eigenvalue weighted by molar-refractivity contribution is -0.147. The lowest BCUT2D eigenvalue weighted by Gasteiger charge is -2.29. The molecule has 0 radical (unpaired) electrons. The Bertz CT molecular complexity index is 764. The van der Waals surface area contributed by atoms with Gasteiger partial charge in [0.15, 0.2) is 0 Å². The molecular weight excluding hydrogens is 323 g/mol. The molecule has 3 rings (SSSR count). The molecule has 2 amide bonds. The van der Waals surface area contributed by atoms with Crippen LogP contribution < -0.4 is 5.32 Å². The van der Waals surface area contributed by atoms with Crippen molar-refractivity contribution in [2.75, 3.05) is 11.9 Å². The highest BCUT2D eigenvalue weighted by atomic mass is 19.4. The first-order valence-corrected chi connectivity index (χ1v) is 7.37. The van der Waals surface area contributed by atoms with Crippen molar-refractivity contribution in [2.24, 2.45) is 0 Å². The Labute approximate surface area is 136 Å². The van der Waals surface area contributed by atoms with Crippen LogP contribution in [-0.2, 0) is 19.3 Å². The first-order valence-electron chi connectivity index (χ1n) is 7.37. The smallest absolute Gasteiger partial charge is 0.321 e. The third-order valence-corrected chi connectivity index (χ3v) is 3.76. The molecule has 0 fully saturated rings. The van der Waals surface area contributed by atoms with Crippen LogP contribution in [0.5, 0.6) is 0 Å². The van der Waals surface area contributed by atoms with Gasteiger partial charge in [-0.3, -0.25) is 4.98 Å². The predicted molar refractivity (Wildman–Crippen MR) is 80.4 cm³/mol. The minimum absolute atomic E-state index is 0.0615. The summed E-state index contributed by atoms with van der Waals surface area (Å²) in [6.45, 7) is 3.97. The van der Waals surface area contributed by atoms with Crippen molar-refractivity contribution in [3.05, 3.63) is 41.2 Å². The molecule has 0 atom stereocenters. The van der Waals surface area contributed by atoms with E-state index in [2.05, 4.69) is 15.3 Å². The number of amides is 2. The third-order valence-electron chi connectivity index (χ3n) is 3.76. The van der Waals surface area contributed by atoms with Crippen LogP contribution >= 0.6 is 0 Å². The number of carbonyl (C=O) groups is 1. The van der Waals surface area contributed by atoms with Crippen LogP contribution in [-0.4, -0.2) is 32.0 Å². The second-order valence-corrected chi connectivity index (χ2v) is 5.71. The fraction of sp³-hybridized carbons (Fsp3) is 0.400. The van der Waals surface area contributed by atoms with Crippen LogP contribution in [0.15, 0.2) is 18.3 Å². The van der Waals surface area contributed by atoms with Gasteiger partial charge in [0.1, 0.15) is 0 Å². The molecule has 2 aromatic rings. The maximum absolute atomic E-state index is 12.8. The van der Waals surface area contributed by atoms with E-state index in [1.807, 2.05) is 13.8 Å². The number of halogens is 3. The van der Waals surface area contributed by atoms with Gasteiger partial charge in [0.25, 0.3) is 0 Å². The van der Waals surface area contributed by atoms with Crippen molar-refractivity contribution in [1.29, 1.82) is 0 Å². The summed E-state index contributed by atoms with van der Waals surface area (Å²) in [5.74, 6) is -0.919. The fourth-order valence-corrected chi connectivity index (χ4v) is 2.79. The monoisotopic (exact) mass is 339 g/mol. The average Bonchev–Trinajstić information content (AvgIpc) is 2.88. The summed E-state index contributed by atoms with van der Waals surface area (Å²) in [6.07, 6.45) is -3.32. The van der Waals surface area contributed by atoms with Gasteiger partial charge in [0, 0.05) is 30.2 Å². The number of imidazole rings is 1. The Balaban J connectivity index is 1.73. The van der Waals surface area contributed by atoms with Gasteiger partial charge < -0.3 is 14.8 Å². The van der Waals surface area contributed by atoms with Crippen molar-refractivity contribution in [2.45, 2.75) is 33.1 Å². The maximum Gasteiger partial charge on any atom is 0.449 e. The van der Waals surface area contributed by atoms with E-state index in [4.69, 9.17) is 0 Å². The van der Waals surface area contributed by atoms with E-state index < -0.39 is 12.0 Å². The molecule has 1 aliphatic heterocycles. The molecule has 0 saturated heterocycles. The highest BCUT2D eigenvalue weighted by molar-refractivity contribution is 5.89. The summed E-state index contributed by atoms with van der Waals surface area (Å²) in [5, 5.41) is 2.76. The summed E-state index contributed by atoms with van der Waals surface area (Å²) in [4.78, 5) is 21.5. The van der Waals surface area contributed by atoms with Gasteiger partial charge in [-0.15, -0.1) is 0 Å². The van der Waals surface area contributed by atoms with E-state index in [9.17, 15) is 18.0 Å². The molecule has 24 heavy (non-hydrogen) atoms. The molecule has 3 heterocycles. The van der Waals surface area contributed by atoms with Crippen molar-refractivity contribution < 1.29 is 18.0 Å². The predicted octanol–water partition coefficient (Wildman–Crippen LogP) is 2.96. The first-order chi connectivity index (χ1) is 11.2. The molecule has 0 aromatic carbocycles. The second kappa shape index (κ2) is 5.81. The van der Waals surface area contributed by atoms with Gasteiger partial charge in [0.05, 0.1) is 18.4 Å². The van der Waals surface area contributed by atoms with Crippen LogP contribution in [0.25, 0.3) is 0 Å². The molecule has 6 nitrogen and oxygen atoms in total. The number of fused-ring (bicyclic) bond motifs is 1. The van der Waals surface area contributed by atoms with E-state index in [0.29, 0.717) is 11.4 Å². The summed E-state index contributed by atoms with van der Waals surface area (Å²) in [5.41, 5.74) is 2.53. The average molecular weight is 339 g/mol. The molecule has 1 N–H and O–H groups in total. The molecule has 0 saturated carbocycles. The molecule has 0 spiro atoms. The molecule has 1 aliphatic rings. The number of hydrogen-bond donors (Lipinski definition) is 1. The number of aromatic nitrogens is 3. The molecule has 9 heteroatoms. The van der Waals surface area contributed by atoms with Gasteiger partial charge in [-0.2, -0.15) is 13.2 Å². The molecule has 2 aromatic heterocycles. The van der Waals surface area contributed by atoms with Crippen molar-refractivity contribution >= 4 is 11.7 Å². The van der Waals surface area contributed by atoms with Gasteiger partial charge in [0.2, 0.25) is 5.82 Å². The van der Waals surface area contributed by atoms with Crippen LogP contribution in [0.3, 0.4) is 0 Å². The molecule has 0 bridgehead atoms. The zero-order valence-electron chi connectivity index (χ0n) is 13.2.